The molecule has 0 aromatic heterocycles. The summed E-state index contributed by atoms with van der Waals surface area (Å²) in [5, 5.41) is 3.57. The summed E-state index contributed by atoms with van der Waals surface area (Å²) >= 11 is 0. The van der Waals surface area contributed by atoms with E-state index in [1.807, 2.05) is 0 Å². The van der Waals surface area contributed by atoms with E-state index in [0.717, 1.165) is 58.5 Å². The summed E-state index contributed by atoms with van der Waals surface area (Å²) in [5.41, 5.74) is 0. The highest BCUT2D eigenvalue weighted by Gasteiger charge is 2.30. The smallest absolute Gasteiger partial charge is 0.222 e. The SMILES string of the molecule is CCNC(CN1CCC(C(C)C)CCC1=O)C1CCOC1. The van der Waals surface area contributed by atoms with E-state index in [0.29, 0.717) is 29.7 Å². The van der Waals surface area contributed by atoms with Crippen molar-refractivity contribution in [2.24, 2.45) is 17.8 Å². The fraction of sp³-hybridized carbons (Fsp3) is 0.941. The lowest BCUT2D eigenvalue weighted by molar-refractivity contribution is -0.131. The van der Waals surface area contributed by atoms with Crippen molar-refractivity contribution in [2.45, 2.75) is 52.5 Å². The highest BCUT2D eigenvalue weighted by Crippen LogP contribution is 2.26. The fourth-order valence-corrected chi connectivity index (χ4v) is 3.67. The van der Waals surface area contributed by atoms with Crippen molar-refractivity contribution < 1.29 is 9.53 Å². The van der Waals surface area contributed by atoms with Crippen LogP contribution in [0.2, 0.25) is 0 Å². The van der Waals surface area contributed by atoms with Gasteiger partial charge in [-0.2, -0.15) is 0 Å². The van der Waals surface area contributed by atoms with Crippen LogP contribution in [-0.2, 0) is 9.53 Å². The van der Waals surface area contributed by atoms with E-state index in [9.17, 15) is 4.79 Å². The van der Waals surface area contributed by atoms with Crippen LogP contribution >= 0.6 is 0 Å². The maximum Gasteiger partial charge on any atom is 0.222 e. The number of ether oxygens (including phenoxy) is 1. The van der Waals surface area contributed by atoms with Gasteiger partial charge in [0.25, 0.3) is 0 Å². The molecule has 4 heteroatoms. The normalized spacial score (nSPS) is 29.0. The van der Waals surface area contributed by atoms with Crippen LogP contribution in [0.1, 0.15) is 46.5 Å². The molecule has 0 spiro atoms. The third kappa shape index (κ3) is 4.68. The first-order chi connectivity index (χ1) is 10.1. The van der Waals surface area contributed by atoms with Crippen LogP contribution in [0.15, 0.2) is 0 Å². The number of likely N-dealkylation sites (N-methyl/N-ethyl adjacent to an activating group) is 1. The molecule has 21 heavy (non-hydrogen) atoms. The quantitative estimate of drug-likeness (QED) is 0.817. The Bertz CT molecular complexity index is 327. The summed E-state index contributed by atoms with van der Waals surface area (Å²) < 4.78 is 5.53. The Morgan fingerprint density at radius 3 is 2.71 bits per heavy atom. The zero-order valence-electron chi connectivity index (χ0n) is 13.9. The highest BCUT2D eigenvalue weighted by atomic mass is 16.5. The van der Waals surface area contributed by atoms with Crippen LogP contribution in [0, 0.1) is 17.8 Å². The second-order valence-corrected chi connectivity index (χ2v) is 6.96. The Kier molecular flexibility index (Phi) is 6.49. The Morgan fingerprint density at radius 1 is 1.29 bits per heavy atom. The number of rotatable bonds is 6. The number of amides is 1. The van der Waals surface area contributed by atoms with E-state index in [1.54, 1.807) is 0 Å². The number of carbonyl (C=O) groups excluding carboxylic acids is 1. The van der Waals surface area contributed by atoms with Crippen molar-refractivity contribution in [1.29, 1.82) is 0 Å². The molecule has 0 saturated carbocycles. The lowest BCUT2D eigenvalue weighted by Crippen LogP contribution is -2.47. The third-order valence-corrected chi connectivity index (χ3v) is 5.21. The number of hydrogen-bond donors (Lipinski definition) is 1. The molecule has 0 aromatic carbocycles. The van der Waals surface area contributed by atoms with Crippen LogP contribution in [0.5, 0.6) is 0 Å². The minimum absolute atomic E-state index is 0.347. The van der Waals surface area contributed by atoms with Crippen molar-refractivity contribution >= 4 is 5.91 Å². The standard InChI is InChI=1S/C17H32N2O2/c1-4-18-16(15-8-10-21-12-15)11-19-9-7-14(13(2)3)5-6-17(19)20/h13-16,18H,4-12H2,1-3H3. The van der Waals surface area contributed by atoms with Crippen molar-refractivity contribution in [1.82, 2.24) is 10.2 Å². The number of carbonyl (C=O) groups is 1. The first-order valence-corrected chi connectivity index (χ1v) is 8.70. The average molecular weight is 296 g/mol. The Labute approximate surface area is 129 Å². The van der Waals surface area contributed by atoms with Crippen molar-refractivity contribution in [3.63, 3.8) is 0 Å². The topological polar surface area (TPSA) is 41.6 Å². The fourth-order valence-electron chi connectivity index (χ4n) is 3.67. The lowest BCUT2D eigenvalue weighted by atomic mass is 9.89. The lowest BCUT2D eigenvalue weighted by Gasteiger charge is -2.30. The van der Waals surface area contributed by atoms with E-state index in [4.69, 9.17) is 4.74 Å². The molecule has 0 radical (unpaired) electrons. The zero-order chi connectivity index (χ0) is 15.2. The zero-order valence-corrected chi connectivity index (χ0v) is 13.9. The molecular weight excluding hydrogens is 264 g/mol. The van der Waals surface area contributed by atoms with Crippen molar-refractivity contribution in [2.75, 3.05) is 32.8 Å². The monoisotopic (exact) mass is 296 g/mol. The third-order valence-electron chi connectivity index (χ3n) is 5.21. The van der Waals surface area contributed by atoms with E-state index < -0.39 is 0 Å². The average Bonchev–Trinajstić information content (AvgIpc) is 2.92. The molecule has 0 bridgehead atoms. The van der Waals surface area contributed by atoms with Crippen LogP contribution in [0.25, 0.3) is 0 Å². The number of nitrogens with zero attached hydrogens (tertiary/aromatic N) is 1. The van der Waals surface area contributed by atoms with Crippen LogP contribution in [-0.4, -0.2) is 49.7 Å². The van der Waals surface area contributed by atoms with Gasteiger partial charge in [-0.25, -0.2) is 0 Å². The second-order valence-electron chi connectivity index (χ2n) is 6.96. The highest BCUT2D eigenvalue weighted by molar-refractivity contribution is 5.76. The molecule has 4 nitrogen and oxygen atoms in total. The summed E-state index contributed by atoms with van der Waals surface area (Å²) in [5.74, 6) is 2.29. The number of hydrogen-bond acceptors (Lipinski definition) is 3. The summed E-state index contributed by atoms with van der Waals surface area (Å²) in [6.45, 7) is 11.1. The van der Waals surface area contributed by atoms with E-state index in [1.165, 1.54) is 0 Å². The first kappa shape index (κ1) is 16.8. The van der Waals surface area contributed by atoms with Crippen LogP contribution in [0.3, 0.4) is 0 Å². The maximum atomic E-state index is 12.4. The Balaban J connectivity index is 1.93. The molecule has 2 rings (SSSR count). The predicted molar refractivity (Wildman–Crippen MR) is 85.1 cm³/mol. The van der Waals surface area contributed by atoms with Crippen molar-refractivity contribution in [3.8, 4) is 0 Å². The summed E-state index contributed by atoms with van der Waals surface area (Å²) in [6, 6.07) is 0.386. The number of nitrogens with one attached hydrogen (secondary N) is 1. The Hall–Kier alpha value is -0.610. The van der Waals surface area contributed by atoms with Gasteiger partial charge in [0.1, 0.15) is 0 Å². The molecule has 1 N–H and O–H groups in total. The molecule has 0 aliphatic carbocycles. The van der Waals surface area contributed by atoms with Gasteiger partial charge in [-0.3, -0.25) is 4.79 Å². The van der Waals surface area contributed by atoms with Gasteiger partial charge in [0.2, 0.25) is 5.91 Å². The van der Waals surface area contributed by atoms with Crippen LogP contribution < -0.4 is 5.32 Å². The van der Waals surface area contributed by atoms with Gasteiger partial charge < -0.3 is 15.0 Å². The van der Waals surface area contributed by atoms with E-state index in [2.05, 4.69) is 31.0 Å². The van der Waals surface area contributed by atoms with Gasteiger partial charge >= 0.3 is 0 Å². The summed E-state index contributed by atoms with van der Waals surface area (Å²) in [6.07, 6.45) is 4.06. The molecule has 0 aromatic rings. The summed E-state index contributed by atoms with van der Waals surface area (Å²) in [7, 11) is 0. The predicted octanol–water partition coefficient (Wildman–Crippen LogP) is 2.29. The van der Waals surface area contributed by atoms with E-state index in [-0.39, 0.29) is 0 Å². The molecule has 1 amide bonds. The Morgan fingerprint density at radius 2 is 2.10 bits per heavy atom. The molecular formula is C17H32N2O2. The minimum atomic E-state index is 0.347. The van der Waals surface area contributed by atoms with Crippen molar-refractivity contribution in [3.05, 3.63) is 0 Å². The van der Waals surface area contributed by atoms with Gasteiger partial charge in [0.05, 0.1) is 6.61 Å². The van der Waals surface area contributed by atoms with Crippen LogP contribution in [0.4, 0.5) is 0 Å². The molecule has 2 heterocycles. The van der Waals surface area contributed by atoms with E-state index >= 15 is 0 Å². The largest absolute Gasteiger partial charge is 0.381 e. The molecule has 2 aliphatic rings. The molecule has 2 saturated heterocycles. The maximum absolute atomic E-state index is 12.4. The second kappa shape index (κ2) is 8.14. The molecule has 3 unspecified atom stereocenters. The first-order valence-electron chi connectivity index (χ1n) is 8.70. The molecule has 3 atom stereocenters. The minimum Gasteiger partial charge on any atom is -0.381 e. The van der Waals surface area contributed by atoms with Gasteiger partial charge in [-0.15, -0.1) is 0 Å². The van der Waals surface area contributed by atoms with Gasteiger partial charge in [0, 0.05) is 38.1 Å². The molecule has 2 fully saturated rings. The van der Waals surface area contributed by atoms with Gasteiger partial charge in [0.15, 0.2) is 0 Å². The summed E-state index contributed by atoms with van der Waals surface area (Å²) in [4.78, 5) is 14.5. The number of likely N-dealkylation sites (tertiary alicyclic amines) is 1. The van der Waals surface area contributed by atoms with Gasteiger partial charge in [-0.1, -0.05) is 20.8 Å². The molecule has 122 valence electrons. The van der Waals surface area contributed by atoms with Gasteiger partial charge in [-0.05, 0) is 37.6 Å². The molecule has 2 aliphatic heterocycles.